The third-order valence-corrected chi connectivity index (χ3v) is 1.43. The number of pyridine rings is 1. The van der Waals surface area contributed by atoms with E-state index >= 15 is 0 Å². The van der Waals surface area contributed by atoms with E-state index in [0.717, 1.165) is 0 Å². The Kier molecular flexibility index (Phi) is 2.59. The molecule has 1 aromatic rings. The summed E-state index contributed by atoms with van der Waals surface area (Å²) < 4.78 is 4.77. The molecule has 5 heteroatoms. The number of amides is 1. The molecule has 0 unspecified atom stereocenters. The molecular formula is C8H8N2O3. The predicted octanol–water partition coefficient (Wildman–Crippen LogP) is -0.242. The lowest BCUT2D eigenvalue weighted by atomic mass is 10.2. The van der Waals surface area contributed by atoms with Gasteiger partial charge in [0, 0.05) is 17.8 Å². The number of ether oxygens (including phenoxy) is 1. The highest BCUT2D eigenvalue weighted by Crippen LogP contribution is 2.06. The van der Waals surface area contributed by atoms with Crippen LogP contribution in [0.15, 0.2) is 18.3 Å². The number of carbonyl (C=O) groups is 2. The number of Topliss-reactive ketones (excluding diaryl/α,β-unsaturated/α-hetero) is 1. The molecule has 0 saturated carbocycles. The van der Waals surface area contributed by atoms with Crippen LogP contribution in [0.1, 0.15) is 10.4 Å². The van der Waals surface area contributed by atoms with Crippen LogP contribution < -0.4 is 10.5 Å². The lowest BCUT2D eigenvalue weighted by molar-refractivity contribution is -0.114. The number of primary amides is 1. The van der Waals surface area contributed by atoms with E-state index in [-0.39, 0.29) is 5.56 Å². The normalized spacial score (nSPS) is 9.31. The van der Waals surface area contributed by atoms with Gasteiger partial charge in [0.1, 0.15) is 0 Å². The topological polar surface area (TPSA) is 82.3 Å². The molecule has 13 heavy (non-hydrogen) atoms. The Morgan fingerprint density at radius 3 is 2.54 bits per heavy atom. The minimum atomic E-state index is -0.994. The summed E-state index contributed by atoms with van der Waals surface area (Å²) in [6.45, 7) is 0. The van der Waals surface area contributed by atoms with Crippen LogP contribution >= 0.6 is 0 Å². The number of hydrogen-bond acceptors (Lipinski definition) is 4. The van der Waals surface area contributed by atoms with Gasteiger partial charge < -0.3 is 10.5 Å². The molecule has 0 aliphatic heterocycles. The summed E-state index contributed by atoms with van der Waals surface area (Å²) in [7, 11) is 1.46. The second-order valence-corrected chi connectivity index (χ2v) is 2.28. The van der Waals surface area contributed by atoms with E-state index in [0.29, 0.717) is 5.88 Å². The third-order valence-electron chi connectivity index (χ3n) is 1.43. The molecule has 1 rings (SSSR count). The fraction of sp³-hybridized carbons (Fsp3) is 0.125. The van der Waals surface area contributed by atoms with Crippen molar-refractivity contribution in [3.05, 3.63) is 23.9 Å². The molecule has 0 aliphatic carbocycles. The van der Waals surface area contributed by atoms with Gasteiger partial charge in [0.15, 0.2) is 0 Å². The van der Waals surface area contributed by atoms with Crippen molar-refractivity contribution in [3.8, 4) is 5.88 Å². The van der Waals surface area contributed by atoms with Crippen molar-refractivity contribution < 1.29 is 14.3 Å². The Morgan fingerprint density at radius 2 is 2.15 bits per heavy atom. The maximum Gasteiger partial charge on any atom is 0.289 e. The van der Waals surface area contributed by atoms with E-state index in [1.807, 2.05) is 0 Å². The molecule has 0 aliphatic rings. The average Bonchev–Trinajstić information content (AvgIpc) is 2.17. The SMILES string of the molecule is COc1ccc(C(=O)C(N)=O)cn1. The second kappa shape index (κ2) is 3.66. The number of ketones is 1. The fourth-order valence-electron chi connectivity index (χ4n) is 0.778. The Morgan fingerprint density at radius 1 is 1.46 bits per heavy atom. The summed E-state index contributed by atoms with van der Waals surface area (Å²) in [5.74, 6) is -1.37. The number of nitrogens with two attached hydrogens (primary N) is 1. The first kappa shape index (κ1) is 9.18. The van der Waals surface area contributed by atoms with Crippen LogP contribution in [0.2, 0.25) is 0 Å². The molecule has 68 valence electrons. The number of rotatable bonds is 3. The minimum Gasteiger partial charge on any atom is -0.481 e. The quantitative estimate of drug-likeness (QED) is 0.514. The summed E-state index contributed by atoms with van der Waals surface area (Å²) in [6.07, 6.45) is 1.24. The van der Waals surface area contributed by atoms with Crippen molar-refractivity contribution in [3.63, 3.8) is 0 Å². The van der Waals surface area contributed by atoms with Crippen LogP contribution in [0.25, 0.3) is 0 Å². The summed E-state index contributed by atoms with van der Waals surface area (Å²) in [5.41, 5.74) is 4.95. The Bertz CT molecular complexity index is 332. The van der Waals surface area contributed by atoms with E-state index in [4.69, 9.17) is 10.5 Å². The first-order valence-electron chi connectivity index (χ1n) is 3.49. The fourth-order valence-corrected chi connectivity index (χ4v) is 0.778. The van der Waals surface area contributed by atoms with E-state index < -0.39 is 11.7 Å². The van der Waals surface area contributed by atoms with Gasteiger partial charge in [-0.3, -0.25) is 9.59 Å². The number of carbonyl (C=O) groups excluding carboxylic acids is 2. The highest BCUT2D eigenvalue weighted by molar-refractivity contribution is 6.42. The van der Waals surface area contributed by atoms with Crippen LogP contribution in [0.4, 0.5) is 0 Å². The molecule has 0 spiro atoms. The Hall–Kier alpha value is -1.91. The van der Waals surface area contributed by atoms with Crippen molar-refractivity contribution in [2.45, 2.75) is 0 Å². The van der Waals surface area contributed by atoms with Crippen molar-refractivity contribution >= 4 is 11.7 Å². The van der Waals surface area contributed by atoms with Gasteiger partial charge >= 0.3 is 0 Å². The van der Waals surface area contributed by atoms with Crippen molar-refractivity contribution in [2.75, 3.05) is 7.11 Å². The van der Waals surface area contributed by atoms with E-state index in [9.17, 15) is 9.59 Å². The van der Waals surface area contributed by atoms with Crippen molar-refractivity contribution in [1.82, 2.24) is 4.98 Å². The van der Waals surface area contributed by atoms with Crippen molar-refractivity contribution in [2.24, 2.45) is 5.73 Å². The van der Waals surface area contributed by atoms with Crippen LogP contribution in [-0.2, 0) is 4.79 Å². The van der Waals surface area contributed by atoms with Crippen LogP contribution in [-0.4, -0.2) is 23.8 Å². The second-order valence-electron chi connectivity index (χ2n) is 2.28. The Labute approximate surface area is 74.5 Å². The molecule has 0 saturated heterocycles. The van der Waals surface area contributed by atoms with Crippen molar-refractivity contribution in [1.29, 1.82) is 0 Å². The summed E-state index contributed by atoms with van der Waals surface area (Å²) in [4.78, 5) is 25.2. The Balaban J connectivity index is 2.92. The summed E-state index contributed by atoms with van der Waals surface area (Å²) >= 11 is 0. The van der Waals surface area contributed by atoms with Gasteiger partial charge in [-0.2, -0.15) is 0 Å². The number of nitrogens with zero attached hydrogens (tertiary/aromatic N) is 1. The number of methoxy groups -OCH3 is 1. The third kappa shape index (κ3) is 2.02. The van der Waals surface area contributed by atoms with Crippen LogP contribution in [0.5, 0.6) is 5.88 Å². The largest absolute Gasteiger partial charge is 0.481 e. The first-order valence-corrected chi connectivity index (χ1v) is 3.49. The lowest BCUT2D eigenvalue weighted by Gasteiger charge is -1.98. The molecule has 1 heterocycles. The molecular weight excluding hydrogens is 172 g/mol. The van der Waals surface area contributed by atoms with Gasteiger partial charge in [-0.1, -0.05) is 0 Å². The molecule has 5 nitrogen and oxygen atoms in total. The zero-order valence-electron chi connectivity index (χ0n) is 6.98. The smallest absolute Gasteiger partial charge is 0.289 e. The summed E-state index contributed by atoms with van der Waals surface area (Å²) in [6, 6.07) is 2.91. The lowest BCUT2D eigenvalue weighted by Crippen LogP contribution is -2.23. The van der Waals surface area contributed by atoms with E-state index in [1.165, 1.54) is 25.4 Å². The van der Waals surface area contributed by atoms with Crippen LogP contribution in [0, 0.1) is 0 Å². The number of aromatic nitrogens is 1. The first-order chi connectivity index (χ1) is 6.15. The zero-order chi connectivity index (χ0) is 9.84. The highest BCUT2D eigenvalue weighted by atomic mass is 16.5. The van der Waals surface area contributed by atoms with Gasteiger partial charge in [0.25, 0.3) is 11.7 Å². The van der Waals surface area contributed by atoms with Crippen LogP contribution in [0.3, 0.4) is 0 Å². The molecule has 0 atom stereocenters. The molecule has 2 N–H and O–H groups in total. The molecule has 0 bridgehead atoms. The number of hydrogen-bond donors (Lipinski definition) is 1. The van der Waals surface area contributed by atoms with Gasteiger partial charge in [-0.25, -0.2) is 4.98 Å². The summed E-state index contributed by atoms with van der Waals surface area (Å²) in [5, 5.41) is 0. The molecule has 1 amide bonds. The van der Waals surface area contributed by atoms with E-state index in [1.54, 1.807) is 0 Å². The monoisotopic (exact) mass is 180 g/mol. The van der Waals surface area contributed by atoms with Gasteiger partial charge in [-0.15, -0.1) is 0 Å². The van der Waals surface area contributed by atoms with Gasteiger partial charge in [0.2, 0.25) is 5.88 Å². The maximum absolute atomic E-state index is 11.0. The maximum atomic E-state index is 11.0. The predicted molar refractivity (Wildman–Crippen MR) is 44.3 cm³/mol. The molecule has 0 fully saturated rings. The zero-order valence-corrected chi connectivity index (χ0v) is 6.98. The van der Waals surface area contributed by atoms with Gasteiger partial charge in [-0.05, 0) is 6.07 Å². The van der Waals surface area contributed by atoms with Gasteiger partial charge in [0.05, 0.1) is 7.11 Å². The average molecular weight is 180 g/mol. The standard InChI is InChI=1S/C8H8N2O3/c1-13-6-3-2-5(4-10-6)7(11)8(9)12/h2-4H,1H3,(H2,9,12). The van der Waals surface area contributed by atoms with E-state index in [2.05, 4.69) is 4.98 Å². The molecule has 1 aromatic heterocycles. The highest BCUT2D eigenvalue weighted by Gasteiger charge is 2.11. The molecule has 0 aromatic carbocycles. The molecule has 0 radical (unpaired) electrons. The minimum absolute atomic E-state index is 0.160.